The standard InChI is InChI=1S/C20H22N2O3S/c1-21(10-12-3-7-15(26-2)8-4-12)16(23)11-22-19(24)17-13-5-6-14(9-13)18(17)20(22)25/h3-8,13-14,17-18H,9-11H2,1-2H3. The van der Waals surface area contributed by atoms with Crippen LogP contribution in [0, 0.1) is 23.7 Å². The molecular formula is C20H22N2O3S. The van der Waals surface area contributed by atoms with Gasteiger partial charge in [0.15, 0.2) is 0 Å². The quantitative estimate of drug-likeness (QED) is 0.453. The first kappa shape index (κ1) is 17.3. The number of hydrogen-bond donors (Lipinski definition) is 0. The molecule has 1 aromatic rings. The first-order valence-corrected chi connectivity index (χ1v) is 10.1. The fourth-order valence-electron chi connectivity index (χ4n) is 4.47. The van der Waals surface area contributed by atoms with Crippen LogP contribution < -0.4 is 0 Å². The number of rotatable bonds is 5. The van der Waals surface area contributed by atoms with Crippen molar-refractivity contribution in [1.29, 1.82) is 0 Å². The largest absolute Gasteiger partial charge is 0.340 e. The number of allylic oxidation sites excluding steroid dienone is 2. The van der Waals surface area contributed by atoms with Crippen molar-refractivity contribution in [1.82, 2.24) is 9.80 Å². The number of likely N-dealkylation sites (N-methyl/N-ethyl adjacent to an activating group) is 1. The molecule has 3 amide bonds. The number of fused-ring (bicyclic) bond motifs is 5. The van der Waals surface area contributed by atoms with Crippen molar-refractivity contribution in [3.63, 3.8) is 0 Å². The Balaban J connectivity index is 1.40. The molecule has 2 bridgehead atoms. The maximum atomic E-state index is 12.7. The van der Waals surface area contributed by atoms with Crippen LogP contribution in [0.2, 0.25) is 0 Å². The van der Waals surface area contributed by atoms with Crippen LogP contribution in [0.5, 0.6) is 0 Å². The summed E-state index contributed by atoms with van der Waals surface area (Å²) >= 11 is 1.67. The molecule has 3 aliphatic rings. The summed E-state index contributed by atoms with van der Waals surface area (Å²) in [5.41, 5.74) is 1.02. The fourth-order valence-corrected chi connectivity index (χ4v) is 4.88. The lowest BCUT2D eigenvalue weighted by atomic mass is 9.85. The Morgan fingerprint density at radius 3 is 2.23 bits per heavy atom. The summed E-state index contributed by atoms with van der Waals surface area (Å²) in [7, 11) is 1.71. The Labute approximate surface area is 157 Å². The second-order valence-corrected chi connectivity index (χ2v) is 8.24. The highest BCUT2D eigenvalue weighted by Crippen LogP contribution is 2.52. The van der Waals surface area contributed by atoms with Gasteiger partial charge in [0.05, 0.1) is 11.8 Å². The molecule has 1 heterocycles. The molecule has 4 atom stereocenters. The molecule has 4 rings (SSSR count). The number of benzene rings is 1. The van der Waals surface area contributed by atoms with Gasteiger partial charge in [-0.2, -0.15) is 0 Å². The highest BCUT2D eigenvalue weighted by atomic mass is 32.2. The van der Waals surface area contributed by atoms with E-state index in [1.807, 2.05) is 30.5 Å². The summed E-state index contributed by atoms with van der Waals surface area (Å²) in [6, 6.07) is 8.04. The fraction of sp³-hybridized carbons (Fsp3) is 0.450. The summed E-state index contributed by atoms with van der Waals surface area (Å²) in [5.74, 6) is -0.667. The highest BCUT2D eigenvalue weighted by molar-refractivity contribution is 7.98. The second-order valence-electron chi connectivity index (χ2n) is 7.36. The van der Waals surface area contributed by atoms with Gasteiger partial charge in [-0.15, -0.1) is 11.8 Å². The third-order valence-corrected chi connectivity index (χ3v) is 6.60. The lowest BCUT2D eigenvalue weighted by molar-refractivity contribution is -0.146. The summed E-state index contributed by atoms with van der Waals surface area (Å²) < 4.78 is 0. The van der Waals surface area contributed by atoms with Gasteiger partial charge in [0.25, 0.3) is 0 Å². The smallest absolute Gasteiger partial charge is 0.242 e. The molecule has 5 nitrogen and oxygen atoms in total. The zero-order chi connectivity index (χ0) is 18.4. The molecule has 6 heteroatoms. The van der Waals surface area contributed by atoms with Gasteiger partial charge in [0.1, 0.15) is 6.54 Å². The van der Waals surface area contributed by atoms with Crippen molar-refractivity contribution < 1.29 is 14.4 Å². The minimum absolute atomic E-state index is 0.149. The predicted molar refractivity (Wildman–Crippen MR) is 99.1 cm³/mol. The van der Waals surface area contributed by atoms with Crippen LogP contribution >= 0.6 is 11.8 Å². The third kappa shape index (κ3) is 2.76. The summed E-state index contributed by atoms with van der Waals surface area (Å²) in [5, 5.41) is 0. The second kappa shape index (κ2) is 6.58. The molecule has 26 heavy (non-hydrogen) atoms. The zero-order valence-corrected chi connectivity index (χ0v) is 15.7. The van der Waals surface area contributed by atoms with E-state index < -0.39 is 0 Å². The normalized spacial score (nSPS) is 28.8. The van der Waals surface area contributed by atoms with Gasteiger partial charge in [-0.05, 0) is 42.2 Å². The van der Waals surface area contributed by atoms with Gasteiger partial charge >= 0.3 is 0 Å². The molecule has 0 N–H and O–H groups in total. The number of likely N-dealkylation sites (tertiary alicyclic amines) is 1. The molecule has 2 fully saturated rings. The van der Waals surface area contributed by atoms with Crippen LogP contribution in [0.3, 0.4) is 0 Å². The van der Waals surface area contributed by atoms with Gasteiger partial charge in [-0.25, -0.2) is 0 Å². The molecule has 2 aliphatic carbocycles. The number of carbonyl (C=O) groups is 3. The maximum absolute atomic E-state index is 12.7. The Hall–Kier alpha value is -2.08. The number of hydrogen-bond acceptors (Lipinski definition) is 4. The molecule has 136 valence electrons. The molecule has 4 unspecified atom stereocenters. The first-order valence-electron chi connectivity index (χ1n) is 8.90. The number of imide groups is 1. The van der Waals surface area contributed by atoms with Gasteiger partial charge in [-0.1, -0.05) is 24.3 Å². The van der Waals surface area contributed by atoms with Crippen molar-refractivity contribution in [2.45, 2.75) is 17.9 Å². The van der Waals surface area contributed by atoms with Crippen LogP contribution in [0.4, 0.5) is 0 Å². The van der Waals surface area contributed by atoms with Gasteiger partial charge < -0.3 is 4.90 Å². The van der Waals surface area contributed by atoms with E-state index in [-0.39, 0.29) is 47.9 Å². The van der Waals surface area contributed by atoms with Crippen LogP contribution in [0.15, 0.2) is 41.3 Å². The van der Waals surface area contributed by atoms with Crippen LogP contribution in [0.25, 0.3) is 0 Å². The molecule has 1 aromatic carbocycles. The van der Waals surface area contributed by atoms with Crippen LogP contribution in [-0.2, 0) is 20.9 Å². The third-order valence-electron chi connectivity index (χ3n) is 5.86. The highest BCUT2D eigenvalue weighted by Gasteiger charge is 2.59. The summed E-state index contributed by atoms with van der Waals surface area (Å²) in [4.78, 5) is 41.9. The summed E-state index contributed by atoms with van der Waals surface area (Å²) in [6.07, 6.45) is 7.05. The van der Waals surface area contributed by atoms with Gasteiger partial charge in [-0.3, -0.25) is 19.3 Å². The minimum Gasteiger partial charge on any atom is -0.340 e. The van der Waals surface area contributed by atoms with E-state index in [9.17, 15) is 14.4 Å². The van der Waals surface area contributed by atoms with Crippen molar-refractivity contribution in [3.05, 3.63) is 42.0 Å². The molecule has 0 aromatic heterocycles. The van der Waals surface area contributed by atoms with Gasteiger partial charge in [0, 0.05) is 18.5 Å². The number of nitrogens with zero attached hydrogens (tertiary/aromatic N) is 2. The van der Waals surface area contributed by atoms with Gasteiger partial charge in [0.2, 0.25) is 17.7 Å². The predicted octanol–water partition coefficient (Wildman–Crippen LogP) is 2.17. The molecule has 1 aliphatic heterocycles. The first-order chi connectivity index (χ1) is 12.5. The lowest BCUT2D eigenvalue weighted by Crippen LogP contribution is -2.42. The van der Waals surface area contributed by atoms with Crippen molar-refractivity contribution in [2.75, 3.05) is 19.8 Å². The average molecular weight is 370 g/mol. The Kier molecular flexibility index (Phi) is 4.39. The Morgan fingerprint density at radius 1 is 1.12 bits per heavy atom. The Bertz CT molecular complexity index is 759. The average Bonchev–Trinajstić information content (AvgIpc) is 3.32. The molecule has 1 saturated carbocycles. The van der Waals surface area contributed by atoms with Crippen LogP contribution in [-0.4, -0.2) is 47.4 Å². The van der Waals surface area contributed by atoms with E-state index >= 15 is 0 Å². The van der Waals surface area contributed by atoms with Crippen LogP contribution in [0.1, 0.15) is 12.0 Å². The van der Waals surface area contributed by atoms with E-state index in [1.165, 1.54) is 9.80 Å². The van der Waals surface area contributed by atoms with E-state index in [4.69, 9.17) is 0 Å². The molecule has 0 spiro atoms. The maximum Gasteiger partial charge on any atom is 0.242 e. The Morgan fingerprint density at radius 2 is 1.69 bits per heavy atom. The molecular weight excluding hydrogens is 348 g/mol. The number of amides is 3. The van der Waals surface area contributed by atoms with E-state index in [0.29, 0.717) is 6.54 Å². The van der Waals surface area contributed by atoms with Crippen molar-refractivity contribution in [3.8, 4) is 0 Å². The molecule has 1 saturated heterocycles. The monoisotopic (exact) mass is 370 g/mol. The van der Waals surface area contributed by atoms with Crippen molar-refractivity contribution in [2.24, 2.45) is 23.7 Å². The van der Waals surface area contributed by atoms with E-state index in [0.717, 1.165) is 12.0 Å². The topological polar surface area (TPSA) is 57.7 Å². The lowest BCUT2D eigenvalue weighted by Gasteiger charge is -2.22. The minimum atomic E-state index is -0.241. The van der Waals surface area contributed by atoms with E-state index in [2.05, 4.69) is 12.2 Å². The number of carbonyl (C=O) groups excluding carboxylic acids is 3. The molecule has 0 radical (unpaired) electrons. The number of thioether (sulfide) groups is 1. The van der Waals surface area contributed by atoms with E-state index in [1.54, 1.807) is 23.7 Å². The SMILES string of the molecule is CSc1ccc(CN(C)C(=O)CN2C(=O)C3C4C=CC(C4)C3C2=O)cc1. The zero-order valence-electron chi connectivity index (χ0n) is 14.9. The van der Waals surface area contributed by atoms with Crippen molar-refractivity contribution >= 4 is 29.5 Å². The summed E-state index contributed by atoms with van der Waals surface area (Å²) in [6.45, 7) is 0.312.